The van der Waals surface area contributed by atoms with E-state index in [1.165, 1.54) is 25.1 Å². The van der Waals surface area contributed by atoms with Gasteiger partial charge >= 0.3 is 5.97 Å². The Kier molecular flexibility index (Phi) is 7.56. The zero-order valence-electron chi connectivity index (χ0n) is 16.2. The molecule has 2 amide bonds. The number of methoxy groups -OCH3 is 1. The molecule has 0 aliphatic rings. The van der Waals surface area contributed by atoms with Crippen molar-refractivity contribution in [1.29, 1.82) is 0 Å². The lowest BCUT2D eigenvalue weighted by atomic mass is 10.1. The minimum Gasteiger partial charge on any atom is -0.497 e. The number of carbonyl (C=O) groups is 3. The van der Waals surface area contributed by atoms with Crippen LogP contribution in [-0.4, -0.2) is 50.0 Å². The van der Waals surface area contributed by atoms with Gasteiger partial charge in [-0.3, -0.25) is 9.59 Å². The van der Waals surface area contributed by atoms with Gasteiger partial charge in [0.05, 0.1) is 19.2 Å². The molecule has 0 aliphatic carbocycles. The molecule has 7 heteroatoms. The first kappa shape index (κ1) is 21.0. The molecule has 0 atom stereocenters. The minimum atomic E-state index is -0.637. The van der Waals surface area contributed by atoms with Crippen LogP contribution in [0.25, 0.3) is 0 Å². The van der Waals surface area contributed by atoms with Crippen molar-refractivity contribution in [2.45, 2.75) is 13.3 Å². The smallest absolute Gasteiger partial charge is 0.338 e. The number of amides is 2. The highest BCUT2D eigenvalue weighted by Crippen LogP contribution is 2.15. The van der Waals surface area contributed by atoms with Gasteiger partial charge in [0.1, 0.15) is 5.75 Å². The number of hydrogen-bond acceptors (Lipinski definition) is 5. The number of anilines is 1. The summed E-state index contributed by atoms with van der Waals surface area (Å²) < 4.78 is 10.1. The zero-order valence-corrected chi connectivity index (χ0v) is 16.2. The molecule has 0 radical (unpaired) electrons. The van der Waals surface area contributed by atoms with Crippen molar-refractivity contribution in [2.75, 3.05) is 32.6 Å². The molecule has 1 N–H and O–H groups in total. The summed E-state index contributed by atoms with van der Waals surface area (Å²) in [5, 5.41) is 2.80. The van der Waals surface area contributed by atoms with E-state index in [-0.39, 0.29) is 18.0 Å². The highest BCUT2D eigenvalue weighted by atomic mass is 16.5. The summed E-state index contributed by atoms with van der Waals surface area (Å²) in [5.74, 6) is -0.921. The zero-order chi connectivity index (χ0) is 20.5. The number of carbonyl (C=O) groups excluding carboxylic acids is 3. The third kappa shape index (κ3) is 5.84. The van der Waals surface area contributed by atoms with Crippen molar-refractivity contribution in [3.8, 4) is 5.75 Å². The third-order valence-corrected chi connectivity index (χ3v) is 4.11. The molecule has 28 heavy (non-hydrogen) atoms. The molecule has 2 aromatic rings. The monoisotopic (exact) mass is 384 g/mol. The largest absolute Gasteiger partial charge is 0.497 e. The lowest BCUT2D eigenvalue weighted by Gasteiger charge is -2.17. The van der Waals surface area contributed by atoms with Gasteiger partial charge in [-0.05, 0) is 36.2 Å². The molecule has 2 rings (SSSR count). The van der Waals surface area contributed by atoms with Gasteiger partial charge in [0.15, 0.2) is 6.61 Å². The van der Waals surface area contributed by atoms with E-state index in [1.54, 1.807) is 18.2 Å². The van der Waals surface area contributed by atoms with Crippen LogP contribution in [0.5, 0.6) is 5.75 Å². The van der Waals surface area contributed by atoms with Crippen LogP contribution < -0.4 is 10.1 Å². The number of benzene rings is 2. The van der Waals surface area contributed by atoms with Gasteiger partial charge in [-0.15, -0.1) is 0 Å². The number of likely N-dealkylation sites (N-methyl/N-ethyl adjacent to an activating group) is 1. The fourth-order valence-electron chi connectivity index (χ4n) is 2.51. The van der Waals surface area contributed by atoms with Gasteiger partial charge in [-0.1, -0.05) is 31.2 Å². The molecular formula is C21H24N2O5. The van der Waals surface area contributed by atoms with E-state index >= 15 is 0 Å². The maximum absolute atomic E-state index is 12.2. The average molecular weight is 384 g/mol. The topological polar surface area (TPSA) is 84.9 Å². The molecule has 0 fully saturated rings. The minimum absolute atomic E-state index is 0.145. The number of aryl methyl sites for hydroxylation is 1. The van der Waals surface area contributed by atoms with Crippen LogP contribution in [0, 0.1) is 0 Å². The number of ether oxygens (including phenoxy) is 2. The van der Waals surface area contributed by atoms with Crippen LogP contribution in [-0.2, 0) is 20.7 Å². The molecule has 0 spiro atoms. The quantitative estimate of drug-likeness (QED) is 0.707. The van der Waals surface area contributed by atoms with Crippen LogP contribution in [0.2, 0.25) is 0 Å². The van der Waals surface area contributed by atoms with Crippen molar-refractivity contribution in [3.63, 3.8) is 0 Å². The Labute approximate surface area is 164 Å². The van der Waals surface area contributed by atoms with Gasteiger partial charge in [0.25, 0.3) is 5.91 Å². The standard InChI is InChI=1S/C21H24N2O5/c1-4-15-8-5-6-11-18(15)22-19(24)13-23(2)20(25)14-28-21(26)16-9-7-10-17(12-16)27-3/h5-12H,4,13-14H2,1-3H3,(H,22,24). The normalized spacial score (nSPS) is 10.1. The lowest BCUT2D eigenvalue weighted by Crippen LogP contribution is -2.37. The fraction of sp³-hybridized carbons (Fsp3) is 0.286. The van der Waals surface area contributed by atoms with Gasteiger partial charge in [0.2, 0.25) is 5.91 Å². The Morgan fingerprint density at radius 3 is 2.54 bits per heavy atom. The molecule has 0 saturated heterocycles. The van der Waals surface area contributed by atoms with Gasteiger partial charge in [-0.25, -0.2) is 4.79 Å². The average Bonchev–Trinajstić information content (AvgIpc) is 2.71. The van der Waals surface area contributed by atoms with E-state index in [1.807, 2.05) is 31.2 Å². The van der Waals surface area contributed by atoms with Crippen molar-refractivity contribution >= 4 is 23.5 Å². The Balaban J connectivity index is 1.85. The van der Waals surface area contributed by atoms with Crippen molar-refractivity contribution in [1.82, 2.24) is 4.90 Å². The summed E-state index contributed by atoms with van der Waals surface area (Å²) in [7, 11) is 2.97. The van der Waals surface area contributed by atoms with Crippen LogP contribution in [0.4, 0.5) is 5.69 Å². The van der Waals surface area contributed by atoms with Crippen LogP contribution in [0.3, 0.4) is 0 Å². The first-order valence-corrected chi connectivity index (χ1v) is 8.87. The van der Waals surface area contributed by atoms with E-state index < -0.39 is 18.5 Å². The Morgan fingerprint density at radius 1 is 1.07 bits per heavy atom. The maximum Gasteiger partial charge on any atom is 0.338 e. The molecule has 0 unspecified atom stereocenters. The predicted molar refractivity (Wildman–Crippen MR) is 105 cm³/mol. The molecule has 7 nitrogen and oxygen atoms in total. The third-order valence-electron chi connectivity index (χ3n) is 4.11. The van der Waals surface area contributed by atoms with Gasteiger partial charge in [-0.2, -0.15) is 0 Å². The van der Waals surface area contributed by atoms with Crippen molar-refractivity contribution < 1.29 is 23.9 Å². The highest BCUT2D eigenvalue weighted by molar-refractivity contribution is 5.96. The second-order valence-electron chi connectivity index (χ2n) is 6.12. The highest BCUT2D eigenvalue weighted by Gasteiger charge is 2.17. The SMILES string of the molecule is CCc1ccccc1NC(=O)CN(C)C(=O)COC(=O)c1cccc(OC)c1. The van der Waals surface area contributed by atoms with E-state index in [9.17, 15) is 14.4 Å². The number of nitrogens with zero attached hydrogens (tertiary/aromatic N) is 1. The van der Waals surface area contributed by atoms with Crippen LogP contribution in [0.1, 0.15) is 22.8 Å². The van der Waals surface area contributed by atoms with E-state index in [2.05, 4.69) is 5.32 Å². The molecule has 0 heterocycles. The first-order valence-electron chi connectivity index (χ1n) is 8.87. The summed E-state index contributed by atoms with van der Waals surface area (Å²) in [5.41, 5.74) is 2.01. The number of para-hydroxylation sites is 1. The van der Waals surface area contributed by atoms with E-state index in [0.717, 1.165) is 17.7 Å². The lowest BCUT2D eigenvalue weighted by molar-refractivity contribution is -0.136. The Hall–Kier alpha value is -3.35. The summed E-state index contributed by atoms with van der Waals surface area (Å²) >= 11 is 0. The van der Waals surface area contributed by atoms with Crippen molar-refractivity contribution in [3.05, 3.63) is 59.7 Å². The Morgan fingerprint density at radius 2 is 1.82 bits per heavy atom. The molecule has 148 valence electrons. The molecule has 0 aliphatic heterocycles. The van der Waals surface area contributed by atoms with Crippen LogP contribution >= 0.6 is 0 Å². The summed E-state index contributed by atoms with van der Waals surface area (Å²) in [4.78, 5) is 37.6. The van der Waals surface area contributed by atoms with Crippen LogP contribution in [0.15, 0.2) is 48.5 Å². The number of hydrogen-bond donors (Lipinski definition) is 1. The van der Waals surface area contributed by atoms with Gasteiger partial charge < -0.3 is 19.7 Å². The predicted octanol–water partition coefficient (Wildman–Crippen LogP) is 2.51. The van der Waals surface area contributed by atoms with Gasteiger partial charge in [0, 0.05) is 12.7 Å². The summed E-state index contributed by atoms with van der Waals surface area (Å²) in [6, 6.07) is 13.9. The summed E-state index contributed by atoms with van der Waals surface area (Å²) in [6.45, 7) is 1.40. The molecule has 0 saturated carbocycles. The maximum atomic E-state index is 12.2. The summed E-state index contributed by atoms with van der Waals surface area (Å²) in [6.07, 6.45) is 0.783. The molecular weight excluding hydrogens is 360 g/mol. The fourth-order valence-corrected chi connectivity index (χ4v) is 2.51. The van der Waals surface area contributed by atoms with Crippen molar-refractivity contribution in [2.24, 2.45) is 0 Å². The molecule has 2 aromatic carbocycles. The Bertz CT molecular complexity index is 850. The number of esters is 1. The first-order chi connectivity index (χ1) is 13.4. The molecule has 0 aromatic heterocycles. The van der Waals surface area contributed by atoms with E-state index in [0.29, 0.717) is 5.75 Å². The van der Waals surface area contributed by atoms with E-state index in [4.69, 9.17) is 9.47 Å². The number of nitrogens with one attached hydrogen (secondary N) is 1. The molecule has 0 bridgehead atoms. The second-order valence-corrected chi connectivity index (χ2v) is 6.12. The second kappa shape index (κ2) is 10.1. The number of rotatable bonds is 8.